The zero-order chi connectivity index (χ0) is 18.7. The van der Waals surface area contributed by atoms with Gasteiger partial charge in [-0.1, -0.05) is 30.3 Å². The highest BCUT2D eigenvalue weighted by atomic mass is 16.5. The lowest BCUT2D eigenvalue weighted by molar-refractivity contribution is -0.143. The van der Waals surface area contributed by atoms with Crippen LogP contribution >= 0.6 is 0 Å². The second-order valence-electron chi connectivity index (χ2n) is 7.30. The highest BCUT2D eigenvalue weighted by Gasteiger charge is 2.58. The van der Waals surface area contributed by atoms with Crippen molar-refractivity contribution < 1.29 is 14.3 Å². The maximum Gasteiger partial charge on any atom is 0.240 e. The number of para-hydroxylation sites is 3. The van der Waals surface area contributed by atoms with Gasteiger partial charge in [0, 0.05) is 13.1 Å². The van der Waals surface area contributed by atoms with Gasteiger partial charge in [-0.25, -0.2) is 0 Å². The van der Waals surface area contributed by atoms with Gasteiger partial charge in [0.15, 0.2) is 5.75 Å². The molecule has 27 heavy (non-hydrogen) atoms. The topological polar surface area (TPSA) is 58.6 Å². The lowest BCUT2D eigenvalue weighted by atomic mass is 10.0. The Kier molecular flexibility index (Phi) is 4.84. The smallest absolute Gasteiger partial charge is 0.240 e. The summed E-state index contributed by atoms with van der Waals surface area (Å²) in [4.78, 5) is 27.8. The SMILES string of the molecule is O=C(Nc1ccccc1Oc1ccccc1)C1(C(=O)N2CCCCC2)CC1. The van der Waals surface area contributed by atoms with Crippen molar-refractivity contribution in [3.63, 3.8) is 0 Å². The molecule has 2 amide bonds. The Morgan fingerprint density at radius 2 is 1.56 bits per heavy atom. The fourth-order valence-electron chi connectivity index (χ4n) is 3.58. The first kappa shape index (κ1) is 17.6. The summed E-state index contributed by atoms with van der Waals surface area (Å²) in [6, 6.07) is 16.8. The van der Waals surface area contributed by atoms with E-state index in [-0.39, 0.29) is 11.8 Å². The molecule has 2 aliphatic rings. The maximum absolute atomic E-state index is 13.0. The molecule has 2 fully saturated rings. The minimum absolute atomic E-state index is 0.0128. The van der Waals surface area contributed by atoms with Crippen LogP contribution in [0.2, 0.25) is 0 Å². The van der Waals surface area contributed by atoms with Gasteiger partial charge in [0.1, 0.15) is 11.2 Å². The standard InChI is InChI=1S/C22H24N2O3/c25-20(22(13-14-22)21(26)24-15-7-2-8-16-24)23-18-11-5-6-12-19(18)27-17-9-3-1-4-10-17/h1,3-6,9-12H,2,7-8,13-16H2,(H,23,25). The fraction of sp³-hybridized carbons (Fsp3) is 0.364. The summed E-state index contributed by atoms with van der Waals surface area (Å²) in [5.74, 6) is 1.03. The third kappa shape index (κ3) is 3.68. The number of amides is 2. The van der Waals surface area contributed by atoms with Crippen LogP contribution in [0.3, 0.4) is 0 Å². The van der Waals surface area contributed by atoms with Gasteiger partial charge in [0.25, 0.3) is 0 Å². The zero-order valence-corrected chi connectivity index (χ0v) is 15.3. The molecule has 4 rings (SSSR count). The molecular weight excluding hydrogens is 340 g/mol. The van der Waals surface area contributed by atoms with E-state index >= 15 is 0 Å². The highest BCUT2D eigenvalue weighted by molar-refractivity contribution is 6.13. The minimum Gasteiger partial charge on any atom is -0.455 e. The second kappa shape index (κ2) is 7.43. The van der Waals surface area contributed by atoms with E-state index in [1.165, 1.54) is 0 Å². The normalized spacial score (nSPS) is 17.9. The second-order valence-corrected chi connectivity index (χ2v) is 7.30. The maximum atomic E-state index is 13.0. The Morgan fingerprint density at radius 1 is 0.889 bits per heavy atom. The van der Waals surface area contributed by atoms with Crippen LogP contribution in [-0.2, 0) is 9.59 Å². The number of benzene rings is 2. The fourth-order valence-corrected chi connectivity index (χ4v) is 3.58. The molecule has 1 saturated carbocycles. The molecule has 5 nitrogen and oxygen atoms in total. The van der Waals surface area contributed by atoms with E-state index in [9.17, 15) is 9.59 Å². The van der Waals surface area contributed by atoms with Gasteiger partial charge < -0.3 is 15.0 Å². The Balaban J connectivity index is 1.49. The van der Waals surface area contributed by atoms with Gasteiger partial charge >= 0.3 is 0 Å². The molecule has 0 aromatic heterocycles. The van der Waals surface area contributed by atoms with Crippen LogP contribution in [0.4, 0.5) is 5.69 Å². The summed E-state index contributed by atoms with van der Waals surface area (Å²) >= 11 is 0. The number of nitrogens with zero attached hydrogens (tertiary/aromatic N) is 1. The van der Waals surface area contributed by atoms with E-state index in [0.29, 0.717) is 30.0 Å². The molecule has 0 spiro atoms. The Hall–Kier alpha value is -2.82. The molecule has 1 saturated heterocycles. The van der Waals surface area contributed by atoms with E-state index in [1.807, 2.05) is 53.4 Å². The first-order valence-corrected chi connectivity index (χ1v) is 9.62. The van der Waals surface area contributed by atoms with E-state index in [0.717, 1.165) is 32.4 Å². The van der Waals surface area contributed by atoms with Crippen molar-refractivity contribution in [3.05, 3.63) is 54.6 Å². The number of anilines is 1. The quantitative estimate of drug-likeness (QED) is 0.809. The van der Waals surface area contributed by atoms with Crippen molar-refractivity contribution in [2.75, 3.05) is 18.4 Å². The predicted molar refractivity (Wildman–Crippen MR) is 104 cm³/mol. The summed E-state index contributed by atoms with van der Waals surface area (Å²) in [5, 5.41) is 2.94. The van der Waals surface area contributed by atoms with Gasteiger partial charge in [-0.2, -0.15) is 0 Å². The molecule has 1 heterocycles. The summed E-state index contributed by atoms with van der Waals surface area (Å²) in [6.07, 6.45) is 4.45. The average Bonchev–Trinajstić information content (AvgIpc) is 3.52. The molecule has 0 atom stereocenters. The first-order valence-electron chi connectivity index (χ1n) is 9.62. The number of likely N-dealkylation sites (tertiary alicyclic amines) is 1. The van der Waals surface area contributed by atoms with Crippen LogP contribution in [0.15, 0.2) is 54.6 Å². The van der Waals surface area contributed by atoms with E-state index in [1.54, 1.807) is 6.07 Å². The minimum atomic E-state index is -0.892. The van der Waals surface area contributed by atoms with Crippen LogP contribution in [0.1, 0.15) is 32.1 Å². The van der Waals surface area contributed by atoms with Crippen LogP contribution in [0.25, 0.3) is 0 Å². The number of carbonyl (C=O) groups excluding carboxylic acids is 2. The summed E-state index contributed by atoms with van der Waals surface area (Å²) < 4.78 is 5.91. The molecule has 2 aromatic carbocycles. The lowest BCUT2D eigenvalue weighted by Crippen LogP contribution is -2.45. The number of carbonyl (C=O) groups is 2. The van der Waals surface area contributed by atoms with E-state index in [2.05, 4.69) is 5.32 Å². The molecule has 0 unspecified atom stereocenters. The summed E-state index contributed by atoms with van der Waals surface area (Å²) in [7, 11) is 0. The molecule has 140 valence electrons. The number of nitrogens with one attached hydrogen (secondary N) is 1. The van der Waals surface area contributed by atoms with Crippen LogP contribution < -0.4 is 10.1 Å². The van der Waals surface area contributed by atoms with Crippen LogP contribution in [0.5, 0.6) is 11.5 Å². The number of rotatable bonds is 5. The monoisotopic (exact) mass is 364 g/mol. The summed E-state index contributed by atoms with van der Waals surface area (Å²) in [5.41, 5.74) is -0.305. The summed E-state index contributed by atoms with van der Waals surface area (Å²) in [6.45, 7) is 1.53. The van der Waals surface area contributed by atoms with Crippen molar-refractivity contribution in [2.45, 2.75) is 32.1 Å². The van der Waals surface area contributed by atoms with Crippen molar-refractivity contribution in [2.24, 2.45) is 5.41 Å². The number of hydrogen-bond donors (Lipinski definition) is 1. The first-order chi connectivity index (χ1) is 13.2. The van der Waals surface area contributed by atoms with Gasteiger partial charge in [-0.05, 0) is 56.4 Å². The van der Waals surface area contributed by atoms with Crippen LogP contribution in [0, 0.1) is 5.41 Å². The van der Waals surface area contributed by atoms with Crippen molar-refractivity contribution in [1.82, 2.24) is 4.90 Å². The lowest BCUT2D eigenvalue weighted by Gasteiger charge is -2.30. The largest absolute Gasteiger partial charge is 0.455 e. The molecule has 0 radical (unpaired) electrons. The third-order valence-electron chi connectivity index (χ3n) is 5.34. The molecule has 0 bridgehead atoms. The molecule has 1 aliphatic carbocycles. The van der Waals surface area contributed by atoms with E-state index in [4.69, 9.17) is 4.74 Å². The highest BCUT2D eigenvalue weighted by Crippen LogP contribution is 2.49. The van der Waals surface area contributed by atoms with Gasteiger partial charge in [-0.15, -0.1) is 0 Å². The zero-order valence-electron chi connectivity index (χ0n) is 15.3. The van der Waals surface area contributed by atoms with Gasteiger partial charge in [0.2, 0.25) is 11.8 Å². The Labute approximate surface area is 159 Å². The Bertz CT molecular complexity index is 824. The van der Waals surface area contributed by atoms with Crippen molar-refractivity contribution in [1.29, 1.82) is 0 Å². The number of ether oxygens (including phenoxy) is 1. The van der Waals surface area contributed by atoms with Gasteiger partial charge in [0.05, 0.1) is 5.69 Å². The molecular formula is C22H24N2O3. The van der Waals surface area contributed by atoms with E-state index < -0.39 is 5.41 Å². The van der Waals surface area contributed by atoms with Crippen LogP contribution in [-0.4, -0.2) is 29.8 Å². The molecule has 2 aromatic rings. The molecule has 1 N–H and O–H groups in total. The third-order valence-corrected chi connectivity index (χ3v) is 5.34. The molecule has 5 heteroatoms. The van der Waals surface area contributed by atoms with Crippen molar-refractivity contribution >= 4 is 17.5 Å². The van der Waals surface area contributed by atoms with Crippen molar-refractivity contribution in [3.8, 4) is 11.5 Å². The predicted octanol–water partition coefficient (Wildman–Crippen LogP) is 4.21. The number of hydrogen-bond acceptors (Lipinski definition) is 3. The Morgan fingerprint density at radius 3 is 2.26 bits per heavy atom. The molecule has 1 aliphatic heterocycles. The van der Waals surface area contributed by atoms with Gasteiger partial charge in [-0.3, -0.25) is 9.59 Å². The average molecular weight is 364 g/mol. The number of piperidine rings is 1.